The lowest BCUT2D eigenvalue weighted by Gasteiger charge is -2.27. The molecule has 1 aliphatic rings. The summed E-state index contributed by atoms with van der Waals surface area (Å²) in [6.07, 6.45) is 2.30. The highest BCUT2D eigenvalue weighted by Gasteiger charge is 2.14. The number of hydrogen-bond donors (Lipinski definition) is 1. The normalized spacial score (nSPS) is 14.4. The molecule has 0 bridgehead atoms. The van der Waals surface area contributed by atoms with Crippen molar-refractivity contribution in [2.24, 2.45) is 0 Å². The molecule has 0 spiro atoms. The van der Waals surface area contributed by atoms with Gasteiger partial charge in [0.2, 0.25) is 0 Å². The van der Waals surface area contributed by atoms with Crippen molar-refractivity contribution in [3.05, 3.63) is 57.7 Å². The monoisotopic (exact) mass is 379 g/mol. The van der Waals surface area contributed by atoms with Gasteiger partial charge in [0.1, 0.15) is 5.82 Å². The van der Waals surface area contributed by atoms with Crippen LogP contribution in [0.15, 0.2) is 36.5 Å². The predicted octanol–water partition coefficient (Wildman–Crippen LogP) is 3.20. The molecule has 1 aliphatic heterocycles. The molecule has 5 nitrogen and oxygen atoms in total. The van der Waals surface area contributed by atoms with Crippen LogP contribution in [-0.2, 0) is 11.2 Å². The van der Waals surface area contributed by atoms with E-state index in [2.05, 4.69) is 15.2 Å². The largest absolute Gasteiger partial charge is 0.378 e. The Morgan fingerprint density at radius 2 is 2.00 bits per heavy atom. The molecule has 0 saturated carbocycles. The molecule has 1 aromatic carbocycles. The van der Waals surface area contributed by atoms with Gasteiger partial charge in [0.15, 0.2) is 0 Å². The SMILES string of the molecule is O=C(NCCc1ccc(Cl)cc1Cl)c1ccnc(N2CCOCC2)c1. The first kappa shape index (κ1) is 18.0. The Balaban J connectivity index is 1.57. The highest BCUT2D eigenvalue weighted by molar-refractivity contribution is 6.35. The van der Waals surface area contributed by atoms with Gasteiger partial charge in [-0.2, -0.15) is 0 Å². The molecule has 1 fully saturated rings. The fourth-order valence-electron chi connectivity index (χ4n) is 2.66. The van der Waals surface area contributed by atoms with Gasteiger partial charge in [0.25, 0.3) is 5.91 Å². The van der Waals surface area contributed by atoms with Crippen LogP contribution < -0.4 is 10.2 Å². The minimum absolute atomic E-state index is 0.123. The van der Waals surface area contributed by atoms with E-state index in [1.165, 1.54) is 0 Å². The Morgan fingerprint density at radius 3 is 2.76 bits per heavy atom. The summed E-state index contributed by atoms with van der Waals surface area (Å²) >= 11 is 12.0. The number of aromatic nitrogens is 1. The third-order valence-electron chi connectivity index (χ3n) is 4.04. The van der Waals surface area contributed by atoms with Gasteiger partial charge in [0.05, 0.1) is 13.2 Å². The van der Waals surface area contributed by atoms with E-state index >= 15 is 0 Å². The van der Waals surface area contributed by atoms with Crippen LogP contribution in [0.4, 0.5) is 5.82 Å². The molecule has 1 saturated heterocycles. The number of nitrogens with one attached hydrogen (secondary N) is 1. The summed E-state index contributed by atoms with van der Waals surface area (Å²) in [5.41, 5.74) is 1.55. The topological polar surface area (TPSA) is 54.5 Å². The van der Waals surface area contributed by atoms with E-state index in [1.807, 2.05) is 12.1 Å². The van der Waals surface area contributed by atoms with Crippen LogP contribution in [0, 0.1) is 0 Å². The van der Waals surface area contributed by atoms with Crippen molar-refractivity contribution in [2.75, 3.05) is 37.7 Å². The Kier molecular flexibility index (Phi) is 6.13. The Hall–Kier alpha value is -1.82. The zero-order valence-electron chi connectivity index (χ0n) is 13.7. The molecular formula is C18H19Cl2N3O2. The maximum Gasteiger partial charge on any atom is 0.251 e. The summed E-state index contributed by atoms with van der Waals surface area (Å²) in [6.45, 7) is 3.43. The lowest BCUT2D eigenvalue weighted by atomic mass is 10.1. The van der Waals surface area contributed by atoms with Gasteiger partial charge >= 0.3 is 0 Å². The zero-order chi connectivity index (χ0) is 17.6. The van der Waals surface area contributed by atoms with Crippen LogP contribution in [0.5, 0.6) is 0 Å². The molecule has 0 atom stereocenters. The average molecular weight is 380 g/mol. The molecule has 2 aromatic rings. The standard InChI is InChI=1S/C18H19Cl2N3O2/c19-15-2-1-13(16(20)12-15)3-6-22-18(24)14-4-5-21-17(11-14)23-7-9-25-10-8-23/h1-2,4-5,11-12H,3,6-10H2,(H,22,24). The van der Waals surface area contributed by atoms with Gasteiger partial charge in [-0.25, -0.2) is 4.98 Å². The molecule has 132 valence electrons. The van der Waals surface area contributed by atoms with Crippen molar-refractivity contribution < 1.29 is 9.53 Å². The highest BCUT2D eigenvalue weighted by Crippen LogP contribution is 2.21. The predicted molar refractivity (Wildman–Crippen MR) is 99.8 cm³/mol. The second-order valence-corrected chi connectivity index (χ2v) is 6.59. The Morgan fingerprint density at radius 1 is 1.20 bits per heavy atom. The average Bonchev–Trinajstić information content (AvgIpc) is 2.64. The van der Waals surface area contributed by atoms with Crippen LogP contribution in [0.2, 0.25) is 10.0 Å². The molecule has 3 rings (SSSR count). The van der Waals surface area contributed by atoms with Crippen LogP contribution in [0.25, 0.3) is 0 Å². The van der Waals surface area contributed by atoms with Gasteiger partial charge in [-0.3, -0.25) is 4.79 Å². The van der Waals surface area contributed by atoms with E-state index in [4.69, 9.17) is 27.9 Å². The fraction of sp³-hybridized carbons (Fsp3) is 0.333. The molecule has 1 N–H and O–H groups in total. The maximum absolute atomic E-state index is 12.4. The molecule has 7 heteroatoms. The first-order valence-corrected chi connectivity index (χ1v) is 8.90. The highest BCUT2D eigenvalue weighted by atomic mass is 35.5. The first-order chi connectivity index (χ1) is 12.1. The number of carbonyl (C=O) groups is 1. The molecule has 0 unspecified atom stereocenters. The van der Waals surface area contributed by atoms with Gasteiger partial charge in [0, 0.05) is 41.4 Å². The number of carbonyl (C=O) groups excluding carboxylic acids is 1. The summed E-state index contributed by atoms with van der Waals surface area (Å²) in [4.78, 5) is 18.8. The summed E-state index contributed by atoms with van der Waals surface area (Å²) in [7, 11) is 0. The van der Waals surface area contributed by atoms with Crippen molar-refractivity contribution >= 4 is 34.9 Å². The number of amides is 1. The van der Waals surface area contributed by atoms with E-state index in [-0.39, 0.29) is 5.91 Å². The summed E-state index contributed by atoms with van der Waals surface area (Å²) in [5, 5.41) is 4.13. The second-order valence-electron chi connectivity index (χ2n) is 5.74. The number of nitrogens with zero attached hydrogens (tertiary/aromatic N) is 2. The molecule has 0 radical (unpaired) electrons. The number of rotatable bonds is 5. The van der Waals surface area contributed by atoms with Crippen molar-refractivity contribution in [3.63, 3.8) is 0 Å². The number of pyridine rings is 1. The van der Waals surface area contributed by atoms with Crippen LogP contribution >= 0.6 is 23.2 Å². The van der Waals surface area contributed by atoms with Crippen molar-refractivity contribution in [1.29, 1.82) is 0 Å². The quantitative estimate of drug-likeness (QED) is 0.866. The van der Waals surface area contributed by atoms with Crippen molar-refractivity contribution in [3.8, 4) is 0 Å². The number of halogens is 2. The number of hydrogen-bond acceptors (Lipinski definition) is 4. The van der Waals surface area contributed by atoms with E-state index < -0.39 is 0 Å². The van der Waals surface area contributed by atoms with E-state index in [0.717, 1.165) is 24.5 Å². The molecule has 25 heavy (non-hydrogen) atoms. The smallest absolute Gasteiger partial charge is 0.251 e. The van der Waals surface area contributed by atoms with Gasteiger partial charge in [-0.15, -0.1) is 0 Å². The minimum atomic E-state index is -0.123. The second kappa shape index (κ2) is 8.52. The minimum Gasteiger partial charge on any atom is -0.378 e. The molecule has 1 aromatic heterocycles. The third kappa shape index (κ3) is 4.84. The molecule has 0 aliphatic carbocycles. The lowest BCUT2D eigenvalue weighted by Crippen LogP contribution is -2.37. The molecule has 1 amide bonds. The fourth-order valence-corrected chi connectivity index (χ4v) is 3.17. The third-order valence-corrected chi connectivity index (χ3v) is 4.62. The van der Waals surface area contributed by atoms with Crippen molar-refractivity contribution in [2.45, 2.75) is 6.42 Å². The van der Waals surface area contributed by atoms with Crippen LogP contribution in [0.3, 0.4) is 0 Å². The molecular weight excluding hydrogens is 361 g/mol. The van der Waals surface area contributed by atoms with Crippen LogP contribution in [0.1, 0.15) is 15.9 Å². The van der Waals surface area contributed by atoms with Crippen LogP contribution in [-0.4, -0.2) is 43.7 Å². The Labute approximate surface area is 156 Å². The summed E-state index contributed by atoms with van der Waals surface area (Å²) in [6, 6.07) is 8.91. The van der Waals surface area contributed by atoms with E-state index in [1.54, 1.807) is 24.4 Å². The molecule has 2 heterocycles. The first-order valence-electron chi connectivity index (χ1n) is 8.14. The number of benzene rings is 1. The van der Waals surface area contributed by atoms with Gasteiger partial charge in [-0.1, -0.05) is 29.3 Å². The summed E-state index contributed by atoms with van der Waals surface area (Å²) < 4.78 is 5.34. The number of anilines is 1. The lowest BCUT2D eigenvalue weighted by molar-refractivity contribution is 0.0954. The van der Waals surface area contributed by atoms with E-state index in [0.29, 0.717) is 41.8 Å². The number of ether oxygens (including phenoxy) is 1. The van der Waals surface area contributed by atoms with Gasteiger partial charge < -0.3 is 15.0 Å². The number of morpholine rings is 1. The van der Waals surface area contributed by atoms with E-state index in [9.17, 15) is 4.79 Å². The zero-order valence-corrected chi connectivity index (χ0v) is 15.2. The van der Waals surface area contributed by atoms with Crippen molar-refractivity contribution in [1.82, 2.24) is 10.3 Å². The maximum atomic E-state index is 12.4. The summed E-state index contributed by atoms with van der Waals surface area (Å²) in [5.74, 6) is 0.679. The Bertz CT molecular complexity index is 749. The van der Waals surface area contributed by atoms with Gasteiger partial charge in [-0.05, 0) is 36.2 Å².